The molecule has 0 N–H and O–H groups in total. The summed E-state index contributed by atoms with van der Waals surface area (Å²) in [6, 6.07) is 0. The van der Waals surface area contributed by atoms with Gasteiger partial charge in [0.15, 0.2) is 0 Å². The van der Waals surface area contributed by atoms with Crippen LogP contribution in [0, 0.1) is 11.3 Å². The molecule has 1 aliphatic rings. The van der Waals surface area contributed by atoms with Crippen LogP contribution in [-0.4, -0.2) is 5.88 Å². The summed E-state index contributed by atoms with van der Waals surface area (Å²) < 4.78 is 0. The second-order valence-corrected chi connectivity index (χ2v) is 4.16. The third-order valence-electron chi connectivity index (χ3n) is 2.63. The second-order valence-electron chi connectivity index (χ2n) is 3.90. The Morgan fingerprint density at radius 1 is 1.50 bits per heavy atom. The lowest BCUT2D eigenvalue weighted by atomic mass is 9.62. The van der Waals surface area contributed by atoms with Crippen LogP contribution in [0.5, 0.6) is 0 Å². The van der Waals surface area contributed by atoms with Gasteiger partial charge < -0.3 is 0 Å². The number of hydrogen-bond acceptors (Lipinski definition) is 0. The maximum absolute atomic E-state index is 5.90. The zero-order chi connectivity index (χ0) is 7.61. The molecule has 1 heteroatoms. The Labute approximate surface area is 69.0 Å². The summed E-state index contributed by atoms with van der Waals surface area (Å²) in [5, 5.41) is 0. The van der Waals surface area contributed by atoms with Gasteiger partial charge in [-0.05, 0) is 30.6 Å². The lowest BCUT2D eigenvalue weighted by Crippen LogP contribution is -2.37. The Kier molecular flexibility index (Phi) is 2.62. The Balaban J connectivity index is 2.32. The van der Waals surface area contributed by atoms with Gasteiger partial charge in [-0.1, -0.05) is 20.3 Å². The fourth-order valence-corrected chi connectivity index (χ4v) is 2.68. The highest BCUT2D eigenvalue weighted by Gasteiger charge is 2.39. The van der Waals surface area contributed by atoms with E-state index < -0.39 is 0 Å². The van der Waals surface area contributed by atoms with E-state index in [1.807, 2.05) is 0 Å². The van der Waals surface area contributed by atoms with Crippen molar-refractivity contribution in [1.29, 1.82) is 0 Å². The van der Waals surface area contributed by atoms with Crippen molar-refractivity contribution in [1.82, 2.24) is 0 Å². The van der Waals surface area contributed by atoms with Crippen LogP contribution in [0.2, 0.25) is 0 Å². The van der Waals surface area contributed by atoms with Crippen LogP contribution in [0.4, 0.5) is 0 Å². The van der Waals surface area contributed by atoms with E-state index in [0.717, 1.165) is 11.8 Å². The normalized spacial score (nSPS) is 39.3. The smallest absolute Gasteiger partial charge is 0.0280 e. The van der Waals surface area contributed by atoms with Crippen LogP contribution in [-0.2, 0) is 0 Å². The molecule has 1 fully saturated rings. The molecular formula is C9H17Cl. The van der Waals surface area contributed by atoms with E-state index in [2.05, 4.69) is 13.8 Å². The van der Waals surface area contributed by atoms with E-state index in [1.54, 1.807) is 0 Å². The van der Waals surface area contributed by atoms with Crippen molar-refractivity contribution in [3.8, 4) is 0 Å². The number of rotatable bonds is 3. The SMILES string of the molecule is CCCC1(CCl)CC(C)C1. The fourth-order valence-electron chi connectivity index (χ4n) is 2.33. The monoisotopic (exact) mass is 160 g/mol. The molecule has 1 aliphatic carbocycles. The summed E-state index contributed by atoms with van der Waals surface area (Å²) in [5.41, 5.74) is 0.551. The van der Waals surface area contributed by atoms with Crippen LogP contribution in [0.1, 0.15) is 39.5 Å². The highest BCUT2D eigenvalue weighted by molar-refractivity contribution is 6.18. The zero-order valence-electron chi connectivity index (χ0n) is 6.99. The molecule has 0 amide bonds. The summed E-state index contributed by atoms with van der Waals surface area (Å²) in [7, 11) is 0. The van der Waals surface area contributed by atoms with Gasteiger partial charge in [-0.15, -0.1) is 11.6 Å². The maximum atomic E-state index is 5.90. The van der Waals surface area contributed by atoms with Gasteiger partial charge >= 0.3 is 0 Å². The van der Waals surface area contributed by atoms with E-state index in [0.29, 0.717) is 5.41 Å². The van der Waals surface area contributed by atoms with Crippen molar-refractivity contribution in [2.24, 2.45) is 11.3 Å². The highest BCUT2D eigenvalue weighted by atomic mass is 35.5. The minimum absolute atomic E-state index is 0.551. The molecule has 0 saturated heterocycles. The highest BCUT2D eigenvalue weighted by Crippen LogP contribution is 2.49. The first-order valence-corrected chi connectivity index (χ1v) is 4.82. The fraction of sp³-hybridized carbons (Fsp3) is 1.00. The molecule has 1 rings (SSSR count). The number of alkyl halides is 1. The summed E-state index contributed by atoms with van der Waals surface area (Å²) in [6.45, 7) is 4.57. The van der Waals surface area contributed by atoms with E-state index >= 15 is 0 Å². The molecule has 0 radical (unpaired) electrons. The summed E-state index contributed by atoms with van der Waals surface area (Å²) >= 11 is 5.90. The van der Waals surface area contributed by atoms with Gasteiger partial charge in [0.2, 0.25) is 0 Å². The molecule has 0 atom stereocenters. The molecular weight excluding hydrogens is 144 g/mol. The molecule has 0 bridgehead atoms. The lowest BCUT2D eigenvalue weighted by molar-refractivity contribution is 0.0806. The molecule has 60 valence electrons. The maximum Gasteiger partial charge on any atom is 0.0280 e. The minimum atomic E-state index is 0.551. The Hall–Kier alpha value is 0.290. The Morgan fingerprint density at radius 3 is 2.40 bits per heavy atom. The molecule has 0 unspecified atom stereocenters. The molecule has 0 heterocycles. The van der Waals surface area contributed by atoms with Crippen LogP contribution in [0.15, 0.2) is 0 Å². The van der Waals surface area contributed by atoms with Crippen LogP contribution in [0.25, 0.3) is 0 Å². The Morgan fingerprint density at radius 2 is 2.10 bits per heavy atom. The average Bonchev–Trinajstić information content (AvgIpc) is 1.84. The zero-order valence-corrected chi connectivity index (χ0v) is 7.75. The van der Waals surface area contributed by atoms with Crippen molar-refractivity contribution in [2.75, 3.05) is 5.88 Å². The van der Waals surface area contributed by atoms with Crippen molar-refractivity contribution in [3.05, 3.63) is 0 Å². The molecule has 0 aromatic carbocycles. The van der Waals surface area contributed by atoms with E-state index in [4.69, 9.17) is 11.6 Å². The second kappa shape index (κ2) is 3.13. The van der Waals surface area contributed by atoms with Crippen molar-refractivity contribution >= 4 is 11.6 Å². The quantitative estimate of drug-likeness (QED) is 0.555. The first-order valence-electron chi connectivity index (χ1n) is 4.28. The van der Waals surface area contributed by atoms with Gasteiger partial charge in [-0.3, -0.25) is 0 Å². The van der Waals surface area contributed by atoms with Crippen molar-refractivity contribution in [3.63, 3.8) is 0 Å². The summed E-state index contributed by atoms with van der Waals surface area (Å²) in [5.74, 6) is 1.82. The molecule has 0 aliphatic heterocycles. The number of hydrogen-bond donors (Lipinski definition) is 0. The largest absolute Gasteiger partial charge is 0.126 e. The van der Waals surface area contributed by atoms with Gasteiger partial charge in [-0.2, -0.15) is 0 Å². The first-order chi connectivity index (χ1) is 4.72. The molecule has 10 heavy (non-hydrogen) atoms. The van der Waals surface area contributed by atoms with Crippen molar-refractivity contribution in [2.45, 2.75) is 39.5 Å². The topological polar surface area (TPSA) is 0 Å². The first kappa shape index (κ1) is 8.39. The van der Waals surface area contributed by atoms with Gasteiger partial charge in [0, 0.05) is 5.88 Å². The van der Waals surface area contributed by atoms with Gasteiger partial charge in [0.25, 0.3) is 0 Å². The molecule has 0 nitrogen and oxygen atoms in total. The van der Waals surface area contributed by atoms with Gasteiger partial charge in [-0.25, -0.2) is 0 Å². The number of halogens is 1. The van der Waals surface area contributed by atoms with Crippen LogP contribution in [0.3, 0.4) is 0 Å². The standard InChI is InChI=1S/C9H17Cl/c1-3-4-9(7-10)5-8(2)6-9/h8H,3-7H2,1-2H3. The molecule has 0 spiro atoms. The van der Waals surface area contributed by atoms with Gasteiger partial charge in [0.05, 0.1) is 0 Å². The third kappa shape index (κ3) is 1.47. The van der Waals surface area contributed by atoms with E-state index in [-0.39, 0.29) is 0 Å². The lowest BCUT2D eigenvalue weighted by Gasteiger charge is -2.45. The third-order valence-corrected chi connectivity index (χ3v) is 3.19. The minimum Gasteiger partial charge on any atom is -0.126 e. The van der Waals surface area contributed by atoms with E-state index in [1.165, 1.54) is 25.7 Å². The Bertz CT molecular complexity index is 97.8. The summed E-state index contributed by atoms with van der Waals surface area (Å²) in [4.78, 5) is 0. The average molecular weight is 161 g/mol. The van der Waals surface area contributed by atoms with Crippen LogP contribution < -0.4 is 0 Å². The predicted molar refractivity (Wildman–Crippen MR) is 46.5 cm³/mol. The molecule has 0 aromatic rings. The predicted octanol–water partition coefficient (Wildman–Crippen LogP) is 3.44. The summed E-state index contributed by atoms with van der Waals surface area (Å²) in [6.07, 6.45) is 5.36. The van der Waals surface area contributed by atoms with E-state index in [9.17, 15) is 0 Å². The van der Waals surface area contributed by atoms with Crippen molar-refractivity contribution < 1.29 is 0 Å². The van der Waals surface area contributed by atoms with Crippen LogP contribution >= 0.6 is 11.6 Å². The van der Waals surface area contributed by atoms with Gasteiger partial charge in [0.1, 0.15) is 0 Å². The molecule has 1 saturated carbocycles. The molecule has 0 aromatic heterocycles.